The Balaban J connectivity index is 1.39. The van der Waals surface area contributed by atoms with Gasteiger partial charge in [0.1, 0.15) is 5.75 Å². The van der Waals surface area contributed by atoms with Crippen LogP contribution in [0, 0.1) is 0 Å². The number of hydrogen-bond donors (Lipinski definition) is 1. The number of furan rings is 1. The van der Waals surface area contributed by atoms with Crippen LogP contribution in [0.25, 0.3) is 0 Å². The molecule has 1 atom stereocenters. The Hall–Kier alpha value is -3.13. The molecule has 1 N–H and O–H groups in total. The van der Waals surface area contributed by atoms with E-state index in [2.05, 4.69) is 10.3 Å². The van der Waals surface area contributed by atoms with Crippen LogP contribution < -0.4 is 10.1 Å². The van der Waals surface area contributed by atoms with Crippen LogP contribution in [-0.2, 0) is 11.2 Å². The maximum atomic E-state index is 12.9. The molecule has 29 heavy (non-hydrogen) atoms. The average Bonchev–Trinajstić information content (AvgIpc) is 3.49. The third-order valence-electron chi connectivity index (χ3n) is 4.92. The number of aromatic nitrogens is 1. The monoisotopic (exact) mass is 411 g/mol. The van der Waals surface area contributed by atoms with Gasteiger partial charge in [0, 0.05) is 11.9 Å². The molecular weight excluding hydrogens is 390 g/mol. The first kappa shape index (κ1) is 19.2. The molecule has 7 nitrogen and oxygen atoms in total. The summed E-state index contributed by atoms with van der Waals surface area (Å²) < 4.78 is 10.3. The summed E-state index contributed by atoms with van der Waals surface area (Å²) >= 11 is 1.29. The van der Waals surface area contributed by atoms with Gasteiger partial charge in [-0.3, -0.25) is 14.9 Å². The number of likely N-dealkylation sites (tertiary alicyclic amines) is 1. The fourth-order valence-electron chi connectivity index (χ4n) is 3.51. The fraction of sp³-hybridized carbons (Fsp3) is 0.286. The van der Waals surface area contributed by atoms with Gasteiger partial charge in [0.2, 0.25) is 5.91 Å². The number of ether oxygens (including phenoxy) is 1. The molecule has 1 unspecified atom stereocenters. The molecule has 8 heteroatoms. The van der Waals surface area contributed by atoms with Crippen LogP contribution in [0.1, 0.15) is 40.7 Å². The van der Waals surface area contributed by atoms with Crippen molar-refractivity contribution in [2.24, 2.45) is 0 Å². The lowest BCUT2D eigenvalue weighted by atomic mass is 10.0. The molecule has 0 aliphatic carbocycles. The summed E-state index contributed by atoms with van der Waals surface area (Å²) in [5, 5.41) is 4.94. The number of rotatable bonds is 6. The fourth-order valence-corrected chi connectivity index (χ4v) is 4.21. The molecule has 0 bridgehead atoms. The van der Waals surface area contributed by atoms with Gasteiger partial charge in [0.05, 0.1) is 31.5 Å². The zero-order chi connectivity index (χ0) is 20.2. The van der Waals surface area contributed by atoms with Gasteiger partial charge >= 0.3 is 0 Å². The third kappa shape index (κ3) is 4.32. The minimum atomic E-state index is -0.360. The van der Waals surface area contributed by atoms with Gasteiger partial charge in [-0.25, -0.2) is 4.98 Å². The van der Waals surface area contributed by atoms with Crippen LogP contribution in [0.5, 0.6) is 5.75 Å². The van der Waals surface area contributed by atoms with E-state index in [-0.39, 0.29) is 30.0 Å². The summed E-state index contributed by atoms with van der Waals surface area (Å²) in [5.41, 5.74) is 1.76. The highest BCUT2D eigenvalue weighted by Crippen LogP contribution is 2.33. The van der Waals surface area contributed by atoms with Gasteiger partial charge in [0.15, 0.2) is 10.9 Å². The molecule has 1 saturated heterocycles. The highest BCUT2D eigenvalue weighted by Gasteiger charge is 2.30. The molecule has 2 amide bonds. The normalized spacial score (nSPS) is 16.0. The molecule has 150 valence electrons. The highest BCUT2D eigenvalue weighted by molar-refractivity contribution is 7.14. The summed E-state index contributed by atoms with van der Waals surface area (Å²) in [6, 6.07) is 11.2. The van der Waals surface area contributed by atoms with Crippen molar-refractivity contribution in [3.63, 3.8) is 0 Å². The van der Waals surface area contributed by atoms with Crippen LogP contribution >= 0.6 is 11.3 Å². The topological polar surface area (TPSA) is 84.7 Å². The highest BCUT2D eigenvalue weighted by atomic mass is 32.1. The quantitative estimate of drug-likeness (QED) is 0.665. The van der Waals surface area contributed by atoms with Crippen molar-refractivity contribution < 1.29 is 18.7 Å². The van der Waals surface area contributed by atoms with Crippen LogP contribution in [0.3, 0.4) is 0 Å². The predicted molar refractivity (Wildman–Crippen MR) is 109 cm³/mol. The number of nitrogens with zero attached hydrogens (tertiary/aromatic N) is 2. The molecule has 1 aromatic carbocycles. The molecular formula is C21H21N3O4S. The minimum Gasteiger partial charge on any atom is -0.497 e. The first-order valence-corrected chi connectivity index (χ1v) is 10.2. The smallest absolute Gasteiger partial charge is 0.293 e. The minimum absolute atomic E-state index is 0.0394. The zero-order valence-electron chi connectivity index (χ0n) is 16.0. The van der Waals surface area contributed by atoms with Gasteiger partial charge in [-0.1, -0.05) is 12.1 Å². The molecule has 4 rings (SSSR count). The van der Waals surface area contributed by atoms with Crippen molar-refractivity contribution in [2.75, 3.05) is 19.0 Å². The van der Waals surface area contributed by atoms with Crippen LogP contribution in [0.15, 0.2) is 52.5 Å². The van der Waals surface area contributed by atoms with Gasteiger partial charge in [0.25, 0.3) is 5.91 Å². The van der Waals surface area contributed by atoms with E-state index < -0.39 is 0 Å². The maximum absolute atomic E-state index is 12.9. The molecule has 1 aliphatic heterocycles. The Morgan fingerprint density at radius 2 is 2.14 bits per heavy atom. The Kier molecular flexibility index (Phi) is 5.62. The maximum Gasteiger partial charge on any atom is 0.293 e. The van der Waals surface area contributed by atoms with Crippen molar-refractivity contribution in [3.8, 4) is 5.75 Å². The predicted octanol–water partition coefficient (Wildman–Crippen LogP) is 3.90. The van der Waals surface area contributed by atoms with Crippen LogP contribution in [0.2, 0.25) is 0 Å². The number of methoxy groups -OCH3 is 1. The van der Waals surface area contributed by atoms with E-state index in [4.69, 9.17) is 9.15 Å². The van der Waals surface area contributed by atoms with Crippen molar-refractivity contribution in [1.29, 1.82) is 0 Å². The average molecular weight is 411 g/mol. The number of thiazole rings is 1. The first-order chi connectivity index (χ1) is 14.1. The summed E-state index contributed by atoms with van der Waals surface area (Å²) in [4.78, 5) is 31.2. The van der Waals surface area contributed by atoms with E-state index in [1.54, 1.807) is 24.6 Å². The number of nitrogens with one attached hydrogen (secondary N) is 1. The molecule has 1 aliphatic rings. The number of amides is 2. The lowest BCUT2D eigenvalue weighted by Crippen LogP contribution is -2.31. The number of carbonyl (C=O) groups excluding carboxylic acids is 2. The van der Waals surface area contributed by atoms with E-state index >= 15 is 0 Å². The Bertz CT molecular complexity index is 982. The standard InChI is InChI=1S/C21H21N3O4S/c1-27-16-8-6-14(7-9-16)17-4-2-10-24(17)19(25)12-15-13-29-21(22-15)23-20(26)18-5-3-11-28-18/h3,5-9,11,13,17H,2,4,10,12H2,1H3,(H,22,23,26). The van der Waals surface area contributed by atoms with Crippen LogP contribution in [0.4, 0.5) is 5.13 Å². The zero-order valence-corrected chi connectivity index (χ0v) is 16.8. The Morgan fingerprint density at radius 1 is 1.31 bits per heavy atom. The molecule has 1 fully saturated rings. The van der Waals surface area contributed by atoms with Crippen molar-refractivity contribution in [1.82, 2.24) is 9.88 Å². The van der Waals surface area contributed by atoms with Crippen molar-refractivity contribution >= 4 is 28.3 Å². The molecule has 2 aromatic heterocycles. The van der Waals surface area contributed by atoms with Gasteiger partial charge in [-0.2, -0.15) is 0 Å². The second-order valence-corrected chi connectivity index (χ2v) is 7.63. The van der Waals surface area contributed by atoms with Gasteiger partial charge in [-0.15, -0.1) is 11.3 Å². The molecule has 0 spiro atoms. The molecule has 3 heterocycles. The van der Waals surface area contributed by atoms with Gasteiger partial charge < -0.3 is 14.1 Å². The summed E-state index contributed by atoms with van der Waals surface area (Å²) in [6.45, 7) is 0.738. The number of anilines is 1. The van der Waals surface area contributed by atoms with E-state index in [9.17, 15) is 9.59 Å². The summed E-state index contributed by atoms with van der Waals surface area (Å²) in [5.74, 6) is 0.701. The van der Waals surface area contributed by atoms with Crippen LogP contribution in [-0.4, -0.2) is 35.4 Å². The van der Waals surface area contributed by atoms with Gasteiger partial charge in [-0.05, 0) is 42.7 Å². The second-order valence-electron chi connectivity index (χ2n) is 6.77. The molecule has 0 saturated carbocycles. The molecule has 0 radical (unpaired) electrons. The largest absolute Gasteiger partial charge is 0.497 e. The van der Waals surface area contributed by atoms with E-state index in [1.807, 2.05) is 29.2 Å². The summed E-state index contributed by atoms with van der Waals surface area (Å²) in [7, 11) is 1.64. The third-order valence-corrected chi connectivity index (χ3v) is 5.73. The Labute approximate surface area is 172 Å². The number of benzene rings is 1. The number of carbonyl (C=O) groups is 2. The first-order valence-electron chi connectivity index (χ1n) is 9.36. The molecule has 3 aromatic rings. The van der Waals surface area contributed by atoms with E-state index in [1.165, 1.54) is 17.6 Å². The van der Waals surface area contributed by atoms with Crippen molar-refractivity contribution in [2.45, 2.75) is 25.3 Å². The van der Waals surface area contributed by atoms with E-state index in [0.29, 0.717) is 10.8 Å². The number of hydrogen-bond acceptors (Lipinski definition) is 6. The lowest BCUT2D eigenvalue weighted by molar-refractivity contribution is -0.131. The Morgan fingerprint density at radius 3 is 2.86 bits per heavy atom. The lowest BCUT2D eigenvalue weighted by Gasteiger charge is -2.25. The summed E-state index contributed by atoms with van der Waals surface area (Å²) in [6.07, 6.45) is 3.57. The van der Waals surface area contributed by atoms with E-state index in [0.717, 1.165) is 30.7 Å². The van der Waals surface area contributed by atoms with Crippen molar-refractivity contribution in [3.05, 3.63) is 65.1 Å². The second kappa shape index (κ2) is 8.48. The SMILES string of the molecule is COc1ccc(C2CCCN2C(=O)Cc2csc(NC(=O)c3ccco3)n2)cc1.